The van der Waals surface area contributed by atoms with Crippen LogP contribution in [0.1, 0.15) is 17.1 Å². The molecule has 0 atom stereocenters. The van der Waals surface area contributed by atoms with Gasteiger partial charge in [-0.05, 0) is 17.7 Å². The number of benzene rings is 2. The van der Waals surface area contributed by atoms with E-state index in [1.54, 1.807) is 10.7 Å². The van der Waals surface area contributed by atoms with E-state index >= 15 is 0 Å². The fourth-order valence-corrected chi connectivity index (χ4v) is 2.62. The van der Waals surface area contributed by atoms with Gasteiger partial charge in [-0.3, -0.25) is 0 Å². The molecule has 2 aromatic heterocycles. The van der Waals surface area contributed by atoms with Crippen molar-refractivity contribution in [3.8, 4) is 0 Å². The number of fused-ring (bicyclic) bond motifs is 1. The van der Waals surface area contributed by atoms with Crippen molar-refractivity contribution in [1.29, 1.82) is 0 Å². The molecule has 0 aliphatic heterocycles. The molecule has 27 heavy (non-hydrogen) atoms. The van der Waals surface area contributed by atoms with Crippen molar-refractivity contribution >= 4 is 16.8 Å². The minimum absolute atomic E-state index is 0.0695. The molecule has 9 heteroatoms. The van der Waals surface area contributed by atoms with Crippen LogP contribution in [0.3, 0.4) is 0 Å². The molecule has 6 nitrogen and oxygen atoms in total. The van der Waals surface area contributed by atoms with Gasteiger partial charge in [0.05, 0.1) is 19.3 Å². The molecule has 0 saturated carbocycles. The average molecular weight is 373 g/mol. The van der Waals surface area contributed by atoms with E-state index in [4.69, 9.17) is 4.42 Å². The lowest BCUT2D eigenvalue weighted by Crippen LogP contribution is -2.04. The molecule has 0 radical (unpaired) electrons. The van der Waals surface area contributed by atoms with Crippen molar-refractivity contribution in [2.45, 2.75) is 19.3 Å². The van der Waals surface area contributed by atoms with Gasteiger partial charge in [-0.2, -0.15) is 13.2 Å². The van der Waals surface area contributed by atoms with E-state index in [1.165, 1.54) is 12.1 Å². The largest absolute Gasteiger partial charge is 0.468 e. The van der Waals surface area contributed by atoms with E-state index in [0.29, 0.717) is 24.5 Å². The van der Waals surface area contributed by atoms with Crippen LogP contribution in [-0.2, 0) is 19.3 Å². The molecule has 0 spiro atoms. The SMILES string of the molecule is FC(F)(F)c1nc2ccc(NCc3cn(Cc4ccccc4)nn3)cc2o1. The summed E-state index contributed by atoms with van der Waals surface area (Å²) < 4.78 is 44.5. The van der Waals surface area contributed by atoms with Crippen LogP contribution in [0.4, 0.5) is 18.9 Å². The van der Waals surface area contributed by atoms with Gasteiger partial charge in [0.25, 0.3) is 0 Å². The zero-order valence-electron chi connectivity index (χ0n) is 13.9. The van der Waals surface area contributed by atoms with E-state index in [-0.39, 0.29) is 11.1 Å². The Morgan fingerprint density at radius 3 is 2.67 bits per heavy atom. The molecular weight excluding hydrogens is 359 g/mol. The number of nitrogens with one attached hydrogen (secondary N) is 1. The van der Waals surface area contributed by atoms with Crippen LogP contribution in [0.15, 0.2) is 59.1 Å². The molecule has 4 rings (SSSR count). The van der Waals surface area contributed by atoms with Gasteiger partial charge in [-0.25, -0.2) is 9.67 Å². The number of nitrogens with zero attached hydrogens (tertiary/aromatic N) is 4. The summed E-state index contributed by atoms with van der Waals surface area (Å²) in [7, 11) is 0. The van der Waals surface area contributed by atoms with E-state index in [0.717, 1.165) is 5.56 Å². The summed E-state index contributed by atoms with van der Waals surface area (Å²) in [4.78, 5) is 3.44. The molecule has 0 bridgehead atoms. The van der Waals surface area contributed by atoms with Gasteiger partial charge in [-0.1, -0.05) is 35.5 Å². The third-order valence-corrected chi connectivity index (χ3v) is 3.88. The number of halogens is 3. The van der Waals surface area contributed by atoms with Crippen molar-refractivity contribution in [3.63, 3.8) is 0 Å². The van der Waals surface area contributed by atoms with Crippen molar-refractivity contribution in [3.05, 3.63) is 71.9 Å². The summed E-state index contributed by atoms with van der Waals surface area (Å²) in [5, 5.41) is 11.3. The van der Waals surface area contributed by atoms with Gasteiger partial charge in [0, 0.05) is 11.8 Å². The molecule has 0 aliphatic rings. The third-order valence-electron chi connectivity index (χ3n) is 3.88. The summed E-state index contributed by atoms with van der Waals surface area (Å²) in [5.41, 5.74) is 2.64. The van der Waals surface area contributed by atoms with Crippen molar-refractivity contribution < 1.29 is 17.6 Å². The number of hydrogen-bond donors (Lipinski definition) is 1. The molecule has 2 aromatic carbocycles. The normalized spacial score (nSPS) is 11.8. The van der Waals surface area contributed by atoms with E-state index < -0.39 is 12.1 Å². The highest BCUT2D eigenvalue weighted by molar-refractivity contribution is 5.77. The molecule has 0 amide bonds. The molecule has 1 N–H and O–H groups in total. The maximum absolute atomic E-state index is 12.7. The quantitative estimate of drug-likeness (QED) is 0.570. The molecule has 0 aliphatic carbocycles. The maximum atomic E-state index is 12.7. The Labute approximate surface area is 151 Å². The molecule has 0 unspecified atom stereocenters. The monoisotopic (exact) mass is 373 g/mol. The van der Waals surface area contributed by atoms with Gasteiger partial charge in [0.2, 0.25) is 0 Å². The van der Waals surface area contributed by atoms with Crippen LogP contribution in [0.2, 0.25) is 0 Å². The molecule has 2 heterocycles. The fourth-order valence-electron chi connectivity index (χ4n) is 2.62. The average Bonchev–Trinajstić information content (AvgIpc) is 3.27. The molecule has 4 aromatic rings. The molecular formula is C18H14F3N5O. The highest BCUT2D eigenvalue weighted by Crippen LogP contribution is 2.31. The highest BCUT2D eigenvalue weighted by atomic mass is 19.4. The standard InChI is InChI=1S/C18H14F3N5O/c19-18(20,21)17-23-15-7-6-13(8-16(15)27-17)22-9-14-11-26(25-24-14)10-12-4-2-1-3-5-12/h1-8,11,22H,9-10H2. The first-order valence-electron chi connectivity index (χ1n) is 8.12. The topological polar surface area (TPSA) is 68.8 Å². The van der Waals surface area contributed by atoms with Gasteiger partial charge < -0.3 is 9.73 Å². The Morgan fingerprint density at radius 2 is 1.89 bits per heavy atom. The first kappa shape index (κ1) is 17.1. The van der Waals surface area contributed by atoms with Crippen LogP contribution in [0.25, 0.3) is 11.1 Å². The number of hydrogen-bond acceptors (Lipinski definition) is 5. The molecule has 138 valence electrons. The predicted molar refractivity (Wildman–Crippen MR) is 91.9 cm³/mol. The second kappa shape index (κ2) is 6.75. The Bertz CT molecular complexity index is 1060. The van der Waals surface area contributed by atoms with Crippen molar-refractivity contribution in [1.82, 2.24) is 20.0 Å². The lowest BCUT2D eigenvalue weighted by atomic mass is 10.2. The van der Waals surface area contributed by atoms with Gasteiger partial charge in [-0.15, -0.1) is 5.10 Å². The summed E-state index contributed by atoms with van der Waals surface area (Å²) in [6.45, 7) is 0.985. The van der Waals surface area contributed by atoms with Crippen molar-refractivity contribution in [2.24, 2.45) is 0 Å². The van der Waals surface area contributed by atoms with Crippen molar-refractivity contribution in [2.75, 3.05) is 5.32 Å². The Balaban J connectivity index is 1.43. The van der Waals surface area contributed by atoms with E-state index in [1.807, 2.05) is 36.5 Å². The minimum Gasteiger partial charge on any atom is -0.433 e. The Hall–Kier alpha value is -3.36. The number of alkyl halides is 3. The first-order valence-corrected chi connectivity index (χ1v) is 8.12. The Kier molecular flexibility index (Phi) is 4.27. The second-order valence-electron chi connectivity index (χ2n) is 5.95. The third kappa shape index (κ3) is 3.91. The lowest BCUT2D eigenvalue weighted by Gasteiger charge is -2.03. The van der Waals surface area contributed by atoms with Crippen LogP contribution >= 0.6 is 0 Å². The van der Waals surface area contributed by atoms with E-state index in [2.05, 4.69) is 20.6 Å². The smallest absolute Gasteiger partial charge is 0.433 e. The van der Waals surface area contributed by atoms with Crippen LogP contribution < -0.4 is 5.32 Å². The van der Waals surface area contributed by atoms with E-state index in [9.17, 15) is 13.2 Å². The zero-order valence-corrected chi connectivity index (χ0v) is 13.9. The fraction of sp³-hybridized carbons (Fsp3) is 0.167. The maximum Gasteiger partial charge on any atom is 0.468 e. The van der Waals surface area contributed by atoms with Crippen LogP contribution in [0.5, 0.6) is 0 Å². The number of rotatable bonds is 5. The number of aromatic nitrogens is 4. The Morgan fingerprint density at radius 1 is 1.07 bits per heavy atom. The van der Waals surface area contributed by atoms with Crippen LogP contribution in [-0.4, -0.2) is 20.0 Å². The molecule has 0 saturated heterocycles. The van der Waals surface area contributed by atoms with Gasteiger partial charge in [0.15, 0.2) is 5.58 Å². The summed E-state index contributed by atoms with van der Waals surface area (Å²) in [6, 6.07) is 14.5. The highest BCUT2D eigenvalue weighted by Gasteiger charge is 2.37. The van der Waals surface area contributed by atoms with Gasteiger partial charge >= 0.3 is 12.1 Å². The number of oxazole rings is 1. The second-order valence-corrected chi connectivity index (χ2v) is 5.95. The van der Waals surface area contributed by atoms with Gasteiger partial charge in [0.1, 0.15) is 11.2 Å². The first-order chi connectivity index (χ1) is 13.0. The predicted octanol–water partition coefficient (Wildman–Crippen LogP) is 4.10. The molecule has 0 fully saturated rings. The zero-order chi connectivity index (χ0) is 18.9. The summed E-state index contributed by atoms with van der Waals surface area (Å²) in [6.07, 6.45) is -2.79. The van der Waals surface area contributed by atoms with Crippen LogP contribution in [0, 0.1) is 0 Å². The minimum atomic E-state index is -4.61. The summed E-state index contributed by atoms with van der Waals surface area (Å²) in [5.74, 6) is -1.25. The summed E-state index contributed by atoms with van der Waals surface area (Å²) >= 11 is 0. The number of anilines is 1. The lowest BCUT2D eigenvalue weighted by molar-refractivity contribution is -0.156.